The molecule has 0 spiro atoms. The first-order valence-corrected chi connectivity index (χ1v) is 4.93. The van der Waals surface area contributed by atoms with Gasteiger partial charge in [0.2, 0.25) is 5.76 Å². The van der Waals surface area contributed by atoms with E-state index in [1.54, 1.807) is 12.1 Å². The fraction of sp³-hybridized carbons (Fsp3) is 0. The third-order valence-corrected chi connectivity index (χ3v) is 2.18. The second kappa shape index (κ2) is 3.86. The molecule has 0 fully saturated rings. The molecule has 2 aromatic rings. The topological polar surface area (TPSA) is 63.3 Å². The lowest BCUT2D eigenvalue weighted by Crippen LogP contribution is -1.96. The lowest BCUT2D eigenvalue weighted by atomic mass is 10.1. The van der Waals surface area contributed by atoms with E-state index in [0.29, 0.717) is 11.3 Å². The Morgan fingerprint density at radius 3 is 2.60 bits per heavy atom. The zero-order valence-electron chi connectivity index (χ0n) is 7.48. The van der Waals surface area contributed by atoms with Crippen LogP contribution in [0.1, 0.15) is 10.6 Å². The highest BCUT2D eigenvalue weighted by Crippen LogP contribution is 2.25. The molecular weight excluding hydrogens is 262 g/mol. The molecule has 0 aliphatic heterocycles. The highest BCUT2D eigenvalue weighted by atomic mass is 79.9. The van der Waals surface area contributed by atoms with Crippen molar-refractivity contribution in [3.8, 4) is 11.3 Å². The number of hydrogen-bond acceptors (Lipinski definition) is 3. The molecule has 0 aliphatic rings. The second-order valence-electron chi connectivity index (χ2n) is 2.82. The number of aromatic carboxylic acids is 1. The van der Waals surface area contributed by atoms with Gasteiger partial charge < -0.3 is 9.52 Å². The quantitative estimate of drug-likeness (QED) is 0.909. The van der Waals surface area contributed by atoms with Crippen molar-refractivity contribution < 1.29 is 14.3 Å². The first kappa shape index (κ1) is 9.92. The van der Waals surface area contributed by atoms with Gasteiger partial charge in [-0.15, -0.1) is 0 Å². The van der Waals surface area contributed by atoms with Crippen molar-refractivity contribution in [1.29, 1.82) is 0 Å². The molecule has 0 aliphatic carbocycles. The van der Waals surface area contributed by atoms with Gasteiger partial charge in [-0.05, 0) is 0 Å². The summed E-state index contributed by atoms with van der Waals surface area (Å²) in [7, 11) is 0. The molecule has 0 radical (unpaired) electrons. The third-order valence-electron chi connectivity index (χ3n) is 1.84. The van der Waals surface area contributed by atoms with Crippen LogP contribution in [-0.4, -0.2) is 16.1 Å². The number of oxazole rings is 1. The van der Waals surface area contributed by atoms with E-state index in [9.17, 15) is 4.79 Å². The van der Waals surface area contributed by atoms with Crippen LogP contribution in [0.5, 0.6) is 0 Å². The van der Waals surface area contributed by atoms with Gasteiger partial charge in [-0.1, -0.05) is 30.3 Å². The molecule has 0 saturated carbocycles. The molecule has 2 rings (SSSR count). The van der Waals surface area contributed by atoms with Gasteiger partial charge in [0.05, 0.1) is 0 Å². The summed E-state index contributed by atoms with van der Waals surface area (Å²) in [5, 5.41) is 8.89. The van der Waals surface area contributed by atoms with Crippen molar-refractivity contribution in [2.24, 2.45) is 0 Å². The molecular formula is C10H6BrNO3. The van der Waals surface area contributed by atoms with Gasteiger partial charge in [0.1, 0.15) is 5.69 Å². The van der Waals surface area contributed by atoms with Gasteiger partial charge in [0, 0.05) is 21.5 Å². The summed E-state index contributed by atoms with van der Waals surface area (Å²) in [4.78, 5) is 15.0. The van der Waals surface area contributed by atoms with Gasteiger partial charge in [0.25, 0.3) is 4.80 Å². The standard InChI is InChI=1S/C10H6BrNO3/c11-10-12-7(8(15-10)9(13)14)6-4-2-1-3-5-6/h1-5H,(H,13,14). The average Bonchev–Trinajstić information content (AvgIpc) is 2.62. The SMILES string of the molecule is O=C(O)c1oc(Br)nc1-c1ccccc1. The van der Waals surface area contributed by atoms with Crippen molar-refractivity contribution in [2.45, 2.75) is 0 Å². The van der Waals surface area contributed by atoms with Crippen LogP contribution < -0.4 is 0 Å². The lowest BCUT2D eigenvalue weighted by molar-refractivity contribution is 0.0662. The Kier molecular flexibility index (Phi) is 2.55. The molecule has 15 heavy (non-hydrogen) atoms. The molecule has 1 N–H and O–H groups in total. The Bertz CT molecular complexity index is 493. The molecule has 1 aromatic carbocycles. The van der Waals surface area contributed by atoms with E-state index in [1.165, 1.54) is 0 Å². The average molecular weight is 268 g/mol. The van der Waals surface area contributed by atoms with Gasteiger partial charge >= 0.3 is 5.97 Å². The van der Waals surface area contributed by atoms with Gasteiger partial charge in [0.15, 0.2) is 0 Å². The van der Waals surface area contributed by atoms with E-state index in [0.717, 1.165) is 0 Å². The van der Waals surface area contributed by atoms with E-state index < -0.39 is 5.97 Å². The lowest BCUT2D eigenvalue weighted by Gasteiger charge is -1.95. The molecule has 0 unspecified atom stereocenters. The van der Waals surface area contributed by atoms with Crippen LogP contribution in [0.4, 0.5) is 0 Å². The molecule has 4 nitrogen and oxygen atoms in total. The van der Waals surface area contributed by atoms with Crippen LogP contribution in [0.2, 0.25) is 0 Å². The molecule has 5 heteroatoms. The van der Waals surface area contributed by atoms with E-state index in [-0.39, 0.29) is 10.6 Å². The smallest absolute Gasteiger partial charge is 0.374 e. The molecule has 0 saturated heterocycles. The number of aromatic nitrogens is 1. The van der Waals surface area contributed by atoms with Crippen molar-refractivity contribution >= 4 is 21.9 Å². The second-order valence-corrected chi connectivity index (χ2v) is 3.49. The van der Waals surface area contributed by atoms with Crippen LogP contribution in [0, 0.1) is 0 Å². The number of halogens is 1. The van der Waals surface area contributed by atoms with Crippen LogP contribution in [0.3, 0.4) is 0 Å². The zero-order chi connectivity index (χ0) is 10.8. The highest BCUT2D eigenvalue weighted by Gasteiger charge is 2.19. The summed E-state index contributed by atoms with van der Waals surface area (Å²) in [6.07, 6.45) is 0. The summed E-state index contributed by atoms with van der Waals surface area (Å²) in [6.45, 7) is 0. The van der Waals surface area contributed by atoms with E-state index in [2.05, 4.69) is 20.9 Å². The maximum Gasteiger partial charge on any atom is 0.374 e. The first-order chi connectivity index (χ1) is 7.18. The van der Waals surface area contributed by atoms with Crippen LogP contribution >= 0.6 is 15.9 Å². The number of benzene rings is 1. The fourth-order valence-electron chi connectivity index (χ4n) is 1.23. The maximum absolute atomic E-state index is 10.9. The Balaban J connectivity index is 2.58. The third kappa shape index (κ3) is 1.92. The zero-order valence-corrected chi connectivity index (χ0v) is 9.06. The molecule has 0 bridgehead atoms. The minimum Gasteiger partial charge on any atom is -0.475 e. The number of hydrogen-bond donors (Lipinski definition) is 1. The highest BCUT2D eigenvalue weighted by molar-refractivity contribution is 9.10. The Morgan fingerprint density at radius 2 is 2.00 bits per heavy atom. The van der Waals surface area contributed by atoms with Crippen LogP contribution in [0.25, 0.3) is 11.3 Å². The number of carboxylic acid groups (broad SMARTS) is 1. The van der Waals surface area contributed by atoms with E-state index in [1.807, 2.05) is 18.2 Å². The Morgan fingerprint density at radius 1 is 1.33 bits per heavy atom. The van der Waals surface area contributed by atoms with Gasteiger partial charge in [-0.2, -0.15) is 0 Å². The van der Waals surface area contributed by atoms with E-state index >= 15 is 0 Å². The summed E-state index contributed by atoms with van der Waals surface area (Å²) in [6, 6.07) is 9.01. The molecule has 0 atom stereocenters. The van der Waals surface area contributed by atoms with Crippen molar-refractivity contribution in [3.05, 3.63) is 40.9 Å². The minimum absolute atomic E-state index is 0.159. The summed E-state index contributed by atoms with van der Waals surface area (Å²) in [5.74, 6) is -1.29. The maximum atomic E-state index is 10.9. The van der Waals surface area contributed by atoms with Crippen molar-refractivity contribution in [3.63, 3.8) is 0 Å². The first-order valence-electron chi connectivity index (χ1n) is 4.13. The number of carbonyl (C=O) groups is 1. The Labute approximate surface area is 93.7 Å². The normalized spacial score (nSPS) is 10.2. The summed E-state index contributed by atoms with van der Waals surface area (Å²) < 4.78 is 4.94. The molecule has 1 heterocycles. The Hall–Kier alpha value is -1.62. The van der Waals surface area contributed by atoms with Crippen molar-refractivity contribution in [1.82, 2.24) is 4.98 Å². The van der Waals surface area contributed by atoms with E-state index in [4.69, 9.17) is 9.52 Å². The largest absolute Gasteiger partial charge is 0.475 e. The molecule has 76 valence electrons. The number of nitrogens with zero attached hydrogens (tertiary/aromatic N) is 1. The van der Waals surface area contributed by atoms with Gasteiger partial charge in [-0.3, -0.25) is 0 Å². The fourth-order valence-corrected chi connectivity index (χ4v) is 1.57. The number of carboxylic acids is 1. The van der Waals surface area contributed by atoms with Crippen LogP contribution in [-0.2, 0) is 0 Å². The molecule has 1 aromatic heterocycles. The molecule has 0 amide bonds. The number of rotatable bonds is 2. The van der Waals surface area contributed by atoms with Crippen molar-refractivity contribution in [2.75, 3.05) is 0 Å². The summed E-state index contributed by atoms with van der Waals surface area (Å²) in [5.41, 5.74) is 1.04. The predicted molar refractivity (Wildman–Crippen MR) is 56.6 cm³/mol. The summed E-state index contributed by atoms with van der Waals surface area (Å²) >= 11 is 3.01. The predicted octanol–water partition coefficient (Wildman–Crippen LogP) is 2.80. The van der Waals surface area contributed by atoms with Gasteiger partial charge in [-0.25, -0.2) is 9.78 Å². The van der Waals surface area contributed by atoms with Crippen LogP contribution in [0.15, 0.2) is 39.5 Å². The monoisotopic (exact) mass is 267 g/mol. The minimum atomic E-state index is -1.13.